The first-order chi connectivity index (χ1) is 10.1. The first-order valence-corrected chi connectivity index (χ1v) is 8.78. The van der Waals surface area contributed by atoms with Crippen LogP contribution in [0.2, 0.25) is 0 Å². The number of hydrogen-bond donors (Lipinski definition) is 1. The number of amides is 1. The van der Waals surface area contributed by atoms with E-state index in [1.807, 2.05) is 17.2 Å². The molecule has 3 rings (SSSR count). The van der Waals surface area contributed by atoms with Crippen LogP contribution in [0.3, 0.4) is 0 Å². The molecule has 0 aromatic carbocycles. The molecule has 1 saturated heterocycles. The minimum atomic E-state index is 0.178. The third-order valence-electron chi connectivity index (χ3n) is 4.92. The third kappa shape index (κ3) is 3.04. The number of fused-ring (bicyclic) bond motifs is 1. The zero-order chi connectivity index (χ0) is 15.0. The largest absolute Gasteiger partial charge is 0.342 e. The fourth-order valence-corrected chi connectivity index (χ4v) is 4.34. The molecule has 1 aliphatic heterocycles. The van der Waals surface area contributed by atoms with Gasteiger partial charge in [-0.2, -0.15) is 0 Å². The number of nitrogens with two attached hydrogens (primary N) is 1. The van der Waals surface area contributed by atoms with Gasteiger partial charge in [0.05, 0.1) is 0 Å². The van der Waals surface area contributed by atoms with Gasteiger partial charge in [0, 0.05) is 36.3 Å². The standard InChI is InChI=1S/C16H24BrN3O/c1-2-5-19-10-13(17)7-15(19)16(21)20-8-11-3-4-14(18)6-12(11)9-20/h7,10-12,14H,2-6,8-9,18H2,1H3/t11-,12+,14?/m1/s1. The number of nitrogens with zero attached hydrogens (tertiary/aromatic N) is 2. The van der Waals surface area contributed by atoms with Crippen molar-refractivity contribution in [2.45, 2.75) is 45.2 Å². The molecule has 4 nitrogen and oxygen atoms in total. The number of likely N-dealkylation sites (tertiary alicyclic amines) is 1. The summed E-state index contributed by atoms with van der Waals surface area (Å²) >= 11 is 3.49. The molecule has 0 radical (unpaired) electrons. The Labute approximate surface area is 134 Å². The van der Waals surface area contributed by atoms with Gasteiger partial charge in [0.1, 0.15) is 5.69 Å². The number of aryl methyl sites for hydroxylation is 1. The summed E-state index contributed by atoms with van der Waals surface area (Å²) in [5.74, 6) is 1.44. The molecule has 1 saturated carbocycles. The Morgan fingerprint density at radius 3 is 2.90 bits per heavy atom. The van der Waals surface area contributed by atoms with Crippen molar-refractivity contribution in [3.8, 4) is 0 Å². The van der Waals surface area contributed by atoms with Gasteiger partial charge in [-0.05, 0) is 59.5 Å². The number of rotatable bonds is 3. The van der Waals surface area contributed by atoms with E-state index in [-0.39, 0.29) is 5.91 Å². The predicted octanol–water partition coefficient (Wildman–Crippen LogP) is 2.86. The van der Waals surface area contributed by atoms with Gasteiger partial charge in [-0.1, -0.05) is 6.92 Å². The van der Waals surface area contributed by atoms with Crippen LogP contribution in [0.4, 0.5) is 0 Å². The number of carbonyl (C=O) groups excluding carboxylic acids is 1. The van der Waals surface area contributed by atoms with Crippen LogP contribution >= 0.6 is 15.9 Å². The summed E-state index contributed by atoms with van der Waals surface area (Å²) in [4.78, 5) is 14.9. The molecule has 2 fully saturated rings. The molecule has 0 bridgehead atoms. The highest BCUT2D eigenvalue weighted by Gasteiger charge is 2.39. The van der Waals surface area contributed by atoms with Crippen molar-refractivity contribution < 1.29 is 4.79 Å². The molecule has 1 aromatic rings. The average Bonchev–Trinajstić information content (AvgIpc) is 3.01. The van der Waals surface area contributed by atoms with Crippen molar-refractivity contribution in [3.63, 3.8) is 0 Å². The molecule has 2 heterocycles. The van der Waals surface area contributed by atoms with E-state index < -0.39 is 0 Å². The molecule has 5 heteroatoms. The van der Waals surface area contributed by atoms with Crippen molar-refractivity contribution in [1.29, 1.82) is 0 Å². The Morgan fingerprint density at radius 1 is 1.38 bits per heavy atom. The van der Waals surface area contributed by atoms with Crippen LogP contribution in [0, 0.1) is 11.8 Å². The molecule has 0 spiro atoms. The summed E-state index contributed by atoms with van der Waals surface area (Å²) in [6.45, 7) is 4.81. The number of halogens is 1. The van der Waals surface area contributed by atoms with E-state index in [0.29, 0.717) is 17.9 Å². The van der Waals surface area contributed by atoms with Gasteiger partial charge in [-0.15, -0.1) is 0 Å². The van der Waals surface area contributed by atoms with Gasteiger partial charge in [-0.25, -0.2) is 0 Å². The molecule has 1 amide bonds. The van der Waals surface area contributed by atoms with E-state index in [0.717, 1.165) is 49.1 Å². The Balaban J connectivity index is 1.74. The van der Waals surface area contributed by atoms with Crippen LogP contribution in [-0.4, -0.2) is 34.5 Å². The second-order valence-electron chi connectivity index (χ2n) is 6.54. The minimum absolute atomic E-state index is 0.178. The number of aromatic nitrogens is 1. The molecular formula is C16H24BrN3O. The molecule has 21 heavy (non-hydrogen) atoms. The second kappa shape index (κ2) is 6.13. The van der Waals surface area contributed by atoms with Crippen LogP contribution in [-0.2, 0) is 6.54 Å². The Morgan fingerprint density at radius 2 is 2.14 bits per heavy atom. The maximum absolute atomic E-state index is 12.8. The Bertz CT molecular complexity index is 528. The molecule has 3 atom stereocenters. The zero-order valence-corrected chi connectivity index (χ0v) is 14.2. The molecular weight excluding hydrogens is 330 g/mol. The summed E-state index contributed by atoms with van der Waals surface area (Å²) < 4.78 is 3.05. The van der Waals surface area contributed by atoms with Crippen LogP contribution in [0.1, 0.15) is 43.1 Å². The molecule has 1 unspecified atom stereocenters. The fraction of sp³-hybridized carbons (Fsp3) is 0.688. The molecule has 1 aliphatic carbocycles. The molecule has 2 N–H and O–H groups in total. The summed E-state index contributed by atoms with van der Waals surface area (Å²) in [6.07, 6.45) is 6.40. The maximum Gasteiger partial charge on any atom is 0.270 e. The average molecular weight is 354 g/mol. The summed E-state index contributed by atoms with van der Waals surface area (Å²) in [6, 6.07) is 2.28. The van der Waals surface area contributed by atoms with Gasteiger partial charge in [0.25, 0.3) is 5.91 Å². The lowest BCUT2D eigenvalue weighted by Crippen LogP contribution is -2.32. The van der Waals surface area contributed by atoms with E-state index in [1.54, 1.807) is 0 Å². The van der Waals surface area contributed by atoms with Crippen LogP contribution < -0.4 is 5.73 Å². The third-order valence-corrected chi connectivity index (χ3v) is 5.36. The Hall–Kier alpha value is -0.810. The van der Waals surface area contributed by atoms with E-state index in [2.05, 4.69) is 27.4 Å². The second-order valence-corrected chi connectivity index (χ2v) is 7.46. The summed E-state index contributed by atoms with van der Waals surface area (Å²) in [5, 5.41) is 0. The summed E-state index contributed by atoms with van der Waals surface area (Å²) in [7, 11) is 0. The van der Waals surface area contributed by atoms with E-state index in [9.17, 15) is 4.79 Å². The SMILES string of the molecule is CCCn1cc(Br)cc1C(=O)N1C[C@H]2CCC(N)C[C@H]2C1. The highest BCUT2D eigenvalue weighted by molar-refractivity contribution is 9.10. The van der Waals surface area contributed by atoms with Crippen LogP contribution in [0.25, 0.3) is 0 Å². The van der Waals surface area contributed by atoms with Crippen LogP contribution in [0.5, 0.6) is 0 Å². The van der Waals surface area contributed by atoms with Crippen molar-refractivity contribution in [2.24, 2.45) is 17.6 Å². The molecule has 116 valence electrons. The number of carbonyl (C=O) groups is 1. The predicted molar refractivity (Wildman–Crippen MR) is 87.1 cm³/mol. The molecule has 1 aromatic heterocycles. The minimum Gasteiger partial charge on any atom is -0.342 e. The zero-order valence-electron chi connectivity index (χ0n) is 12.6. The Kier molecular flexibility index (Phi) is 4.41. The van der Waals surface area contributed by atoms with Gasteiger partial charge < -0.3 is 15.2 Å². The van der Waals surface area contributed by atoms with E-state index in [1.165, 1.54) is 6.42 Å². The first-order valence-electron chi connectivity index (χ1n) is 7.99. The highest BCUT2D eigenvalue weighted by Crippen LogP contribution is 2.36. The quantitative estimate of drug-likeness (QED) is 0.908. The first kappa shape index (κ1) is 15.1. The van der Waals surface area contributed by atoms with E-state index in [4.69, 9.17) is 5.73 Å². The van der Waals surface area contributed by atoms with Crippen molar-refractivity contribution >= 4 is 21.8 Å². The lowest BCUT2D eigenvalue weighted by atomic mass is 9.79. The highest BCUT2D eigenvalue weighted by atomic mass is 79.9. The van der Waals surface area contributed by atoms with Gasteiger partial charge >= 0.3 is 0 Å². The smallest absolute Gasteiger partial charge is 0.270 e. The summed E-state index contributed by atoms with van der Waals surface area (Å²) in [5.41, 5.74) is 6.89. The lowest BCUT2D eigenvalue weighted by Gasteiger charge is -2.27. The molecule has 2 aliphatic rings. The maximum atomic E-state index is 12.8. The van der Waals surface area contributed by atoms with Gasteiger partial charge in [0.15, 0.2) is 0 Å². The monoisotopic (exact) mass is 353 g/mol. The van der Waals surface area contributed by atoms with Gasteiger partial charge in [-0.3, -0.25) is 4.79 Å². The fourth-order valence-electron chi connectivity index (χ4n) is 3.88. The lowest BCUT2D eigenvalue weighted by molar-refractivity contribution is 0.0773. The van der Waals surface area contributed by atoms with Crippen molar-refractivity contribution in [1.82, 2.24) is 9.47 Å². The normalized spacial score (nSPS) is 28.7. The van der Waals surface area contributed by atoms with Crippen LogP contribution in [0.15, 0.2) is 16.7 Å². The van der Waals surface area contributed by atoms with Crippen molar-refractivity contribution in [2.75, 3.05) is 13.1 Å². The number of hydrogen-bond acceptors (Lipinski definition) is 2. The van der Waals surface area contributed by atoms with Gasteiger partial charge in [0.2, 0.25) is 0 Å². The van der Waals surface area contributed by atoms with Crippen molar-refractivity contribution in [3.05, 3.63) is 22.4 Å². The van der Waals surface area contributed by atoms with E-state index >= 15 is 0 Å². The topological polar surface area (TPSA) is 51.3 Å².